The standard InChI is InChI=1S/C14H17N3S/c1-11-4-3-5-13(8-11)15-6-7-18-14-16-9-12(2)10-17-14/h3-5,8-10,15H,6-7H2,1-2H3. The highest BCUT2D eigenvalue weighted by Gasteiger charge is 1.97. The van der Waals surface area contributed by atoms with Gasteiger partial charge in [0.25, 0.3) is 0 Å². The van der Waals surface area contributed by atoms with Gasteiger partial charge in [0.2, 0.25) is 0 Å². The zero-order valence-corrected chi connectivity index (χ0v) is 11.5. The van der Waals surface area contributed by atoms with Crippen molar-refractivity contribution in [1.82, 2.24) is 9.97 Å². The molecule has 1 aromatic heterocycles. The lowest BCUT2D eigenvalue weighted by atomic mass is 10.2. The predicted molar refractivity (Wildman–Crippen MR) is 77.2 cm³/mol. The van der Waals surface area contributed by atoms with E-state index in [0.717, 1.165) is 23.0 Å². The third-order valence-electron chi connectivity index (χ3n) is 2.44. The molecule has 0 saturated heterocycles. The number of hydrogen-bond donors (Lipinski definition) is 1. The van der Waals surface area contributed by atoms with Crippen LogP contribution in [-0.4, -0.2) is 22.3 Å². The van der Waals surface area contributed by atoms with Gasteiger partial charge in [-0.3, -0.25) is 0 Å². The van der Waals surface area contributed by atoms with Gasteiger partial charge in [-0.2, -0.15) is 0 Å². The van der Waals surface area contributed by atoms with Crippen LogP contribution in [0.4, 0.5) is 5.69 Å². The van der Waals surface area contributed by atoms with Crippen LogP contribution < -0.4 is 5.32 Å². The number of thioether (sulfide) groups is 1. The van der Waals surface area contributed by atoms with Gasteiger partial charge in [-0.1, -0.05) is 23.9 Å². The van der Waals surface area contributed by atoms with E-state index >= 15 is 0 Å². The van der Waals surface area contributed by atoms with E-state index in [0.29, 0.717) is 0 Å². The fourth-order valence-electron chi connectivity index (χ4n) is 1.55. The molecule has 0 unspecified atom stereocenters. The van der Waals surface area contributed by atoms with Crippen LogP contribution in [0.15, 0.2) is 41.8 Å². The second kappa shape index (κ2) is 6.40. The van der Waals surface area contributed by atoms with Crippen LogP contribution in [0.5, 0.6) is 0 Å². The molecule has 0 saturated carbocycles. The molecule has 3 nitrogen and oxygen atoms in total. The van der Waals surface area contributed by atoms with Crippen LogP contribution in [0.1, 0.15) is 11.1 Å². The van der Waals surface area contributed by atoms with Crippen molar-refractivity contribution >= 4 is 17.4 Å². The molecule has 0 amide bonds. The summed E-state index contributed by atoms with van der Waals surface area (Å²) in [6, 6.07) is 8.39. The molecule has 18 heavy (non-hydrogen) atoms. The van der Waals surface area contributed by atoms with E-state index in [1.807, 2.05) is 19.3 Å². The van der Waals surface area contributed by atoms with Crippen molar-refractivity contribution in [3.63, 3.8) is 0 Å². The van der Waals surface area contributed by atoms with Crippen molar-refractivity contribution in [2.75, 3.05) is 17.6 Å². The molecule has 4 heteroatoms. The normalized spacial score (nSPS) is 10.3. The van der Waals surface area contributed by atoms with Crippen LogP contribution in [0.2, 0.25) is 0 Å². The maximum absolute atomic E-state index is 4.26. The van der Waals surface area contributed by atoms with Gasteiger partial charge in [0.05, 0.1) is 0 Å². The lowest BCUT2D eigenvalue weighted by molar-refractivity contribution is 0.949. The van der Waals surface area contributed by atoms with Gasteiger partial charge < -0.3 is 5.32 Å². The Hall–Kier alpha value is -1.55. The van der Waals surface area contributed by atoms with E-state index in [4.69, 9.17) is 0 Å². The molecule has 0 aliphatic rings. The Morgan fingerprint density at radius 1 is 1.11 bits per heavy atom. The molecule has 1 aromatic carbocycles. The van der Waals surface area contributed by atoms with Crippen LogP contribution in [-0.2, 0) is 0 Å². The molecular weight excluding hydrogens is 242 g/mol. The molecule has 2 rings (SSSR count). The van der Waals surface area contributed by atoms with Crippen molar-refractivity contribution in [3.05, 3.63) is 47.8 Å². The maximum atomic E-state index is 4.26. The Labute approximate surface area is 112 Å². The van der Waals surface area contributed by atoms with Crippen molar-refractivity contribution in [2.45, 2.75) is 19.0 Å². The Balaban J connectivity index is 1.74. The van der Waals surface area contributed by atoms with Crippen molar-refractivity contribution in [2.24, 2.45) is 0 Å². The summed E-state index contributed by atoms with van der Waals surface area (Å²) in [5, 5.41) is 4.23. The van der Waals surface area contributed by atoms with E-state index in [1.54, 1.807) is 11.8 Å². The zero-order valence-electron chi connectivity index (χ0n) is 10.7. The third-order valence-corrected chi connectivity index (χ3v) is 3.31. The highest BCUT2D eigenvalue weighted by atomic mass is 32.2. The van der Waals surface area contributed by atoms with Crippen molar-refractivity contribution in [3.8, 4) is 0 Å². The average Bonchev–Trinajstić information content (AvgIpc) is 2.37. The van der Waals surface area contributed by atoms with Crippen LogP contribution in [0.25, 0.3) is 0 Å². The first-order valence-electron chi connectivity index (χ1n) is 5.96. The van der Waals surface area contributed by atoms with Crippen LogP contribution in [0, 0.1) is 13.8 Å². The third kappa shape index (κ3) is 4.04. The number of nitrogens with zero attached hydrogens (tertiary/aromatic N) is 2. The molecule has 0 atom stereocenters. The molecule has 0 fully saturated rings. The molecule has 0 bridgehead atoms. The van der Waals surface area contributed by atoms with Gasteiger partial charge in [0.1, 0.15) is 0 Å². The molecule has 0 spiro atoms. The molecule has 2 aromatic rings. The van der Waals surface area contributed by atoms with Gasteiger partial charge in [-0.15, -0.1) is 0 Å². The maximum Gasteiger partial charge on any atom is 0.187 e. The molecule has 1 N–H and O–H groups in total. The Morgan fingerprint density at radius 2 is 1.89 bits per heavy atom. The van der Waals surface area contributed by atoms with Gasteiger partial charge in [-0.05, 0) is 37.1 Å². The number of aryl methyl sites for hydroxylation is 2. The second-order valence-electron chi connectivity index (χ2n) is 4.19. The summed E-state index contributed by atoms with van der Waals surface area (Å²) < 4.78 is 0. The first-order valence-corrected chi connectivity index (χ1v) is 6.94. The minimum Gasteiger partial charge on any atom is -0.384 e. The fourth-order valence-corrected chi connectivity index (χ4v) is 2.19. The summed E-state index contributed by atoms with van der Waals surface area (Å²) in [7, 11) is 0. The number of aromatic nitrogens is 2. The topological polar surface area (TPSA) is 37.8 Å². The number of benzene rings is 1. The first kappa shape index (κ1) is 12.9. The van der Waals surface area contributed by atoms with Crippen molar-refractivity contribution < 1.29 is 0 Å². The SMILES string of the molecule is Cc1cnc(SCCNc2cccc(C)c2)nc1. The zero-order chi connectivity index (χ0) is 12.8. The number of hydrogen-bond acceptors (Lipinski definition) is 4. The minimum absolute atomic E-state index is 0.839. The number of rotatable bonds is 5. The Morgan fingerprint density at radius 3 is 2.61 bits per heavy atom. The summed E-state index contributed by atoms with van der Waals surface area (Å²) in [6.45, 7) is 5.00. The molecule has 0 aliphatic heterocycles. The van der Waals surface area contributed by atoms with Gasteiger partial charge in [0, 0.05) is 30.4 Å². The summed E-state index contributed by atoms with van der Waals surface area (Å²) in [5.74, 6) is 0.955. The largest absolute Gasteiger partial charge is 0.384 e. The van der Waals surface area contributed by atoms with E-state index in [-0.39, 0.29) is 0 Å². The van der Waals surface area contributed by atoms with E-state index in [1.165, 1.54) is 11.3 Å². The second-order valence-corrected chi connectivity index (χ2v) is 5.25. The molecule has 0 aliphatic carbocycles. The Bertz CT molecular complexity index is 497. The highest BCUT2D eigenvalue weighted by molar-refractivity contribution is 7.99. The van der Waals surface area contributed by atoms with Gasteiger partial charge in [0.15, 0.2) is 5.16 Å². The smallest absolute Gasteiger partial charge is 0.187 e. The molecule has 0 radical (unpaired) electrons. The average molecular weight is 259 g/mol. The lowest BCUT2D eigenvalue weighted by Crippen LogP contribution is -2.04. The van der Waals surface area contributed by atoms with E-state index in [9.17, 15) is 0 Å². The van der Waals surface area contributed by atoms with Crippen molar-refractivity contribution in [1.29, 1.82) is 0 Å². The Kier molecular flexibility index (Phi) is 4.59. The first-order chi connectivity index (χ1) is 8.74. The quantitative estimate of drug-likeness (QED) is 0.508. The van der Waals surface area contributed by atoms with E-state index < -0.39 is 0 Å². The fraction of sp³-hybridized carbons (Fsp3) is 0.286. The van der Waals surface area contributed by atoms with Crippen LogP contribution in [0.3, 0.4) is 0 Å². The van der Waals surface area contributed by atoms with Gasteiger partial charge >= 0.3 is 0 Å². The van der Waals surface area contributed by atoms with E-state index in [2.05, 4.69) is 46.5 Å². The summed E-state index contributed by atoms with van der Waals surface area (Å²) >= 11 is 1.67. The summed E-state index contributed by atoms with van der Waals surface area (Å²) in [6.07, 6.45) is 3.70. The minimum atomic E-state index is 0.839. The highest BCUT2D eigenvalue weighted by Crippen LogP contribution is 2.13. The van der Waals surface area contributed by atoms with Crippen LogP contribution >= 0.6 is 11.8 Å². The number of anilines is 1. The molecular formula is C14H17N3S. The monoisotopic (exact) mass is 259 g/mol. The van der Waals surface area contributed by atoms with Gasteiger partial charge in [-0.25, -0.2) is 9.97 Å². The lowest BCUT2D eigenvalue weighted by Gasteiger charge is -2.06. The molecule has 94 valence electrons. The predicted octanol–water partition coefficient (Wildman–Crippen LogP) is 3.30. The number of nitrogens with one attached hydrogen (secondary N) is 1. The summed E-state index contributed by atoms with van der Waals surface area (Å²) in [4.78, 5) is 8.52. The summed E-state index contributed by atoms with van der Waals surface area (Å²) in [5.41, 5.74) is 3.53. The molecule has 1 heterocycles.